The fourth-order valence-electron chi connectivity index (χ4n) is 4.12. The molecule has 2 atom stereocenters. The van der Waals surface area contributed by atoms with Crippen LogP contribution in [0.3, 0.4) is 0 Å². The van der Waals surface area contributed by atoms with Gasteiger partial charge in [-0.05, 0) is 35.9 Å². The quantitative estimate of drug-likeness (QED) is 0.413. The van der Waals surface area contributed by atoms with Crippen molar-refractivity contribution < 1.29 is 9.53 Å². The zero-order valence-electron chi connectivity index (χ0n) is 17.3. The molecule has 5 rings (SSSR count). The molecule has 0 aliphatic carbocycles. The lowest BCUT2D eigenvalue weighted by atomic mass is 9.94. The molecule has 6 nitrogen and oxygen atoms in total. The molecule has 1 saturated heterocycles. The van der Waals surface area contributed by atoms with E-state index in [9.17, 15) is 4.79 Å². The van der Waals surface area contributed by atoms with Crippen LogP contribution >= 0.6 is 11.6 Å². The monoisotopic (exact) mass is 446 g/mol. The van der Waals surface area contributed by atoms with Crippen LogP contribution in [0, 0.1) is 0 Å². The van der Waals surface area contributed by atoms with Gasteiger partial charge in [-0.2, -0.15) is 0 Å². The number of aromatic nitrogens is 2. The molecule has 1 fully saturated rings. The highest BCUT2D eigenvalue weighted by molar-refractivity contribution is 6.31. The van der Waals surface area contributed by atoms with Crippen LogP contribution in [0.1, 0.15) is 27.4 Å². The largest absolute Gasteiger partial charge is 0.487 e. The summed E-state index contributed by atoms with van der Waals surface area (Å²) in [5.41, 5.74) is 3.34. The van der Waals surface area contributed by atoms with E-state index < -0.39 is 0 Å². The lowest BCUT2D eigenvalue weighted by molar-refractivity contribution is 0.0937. The average Bonchev–Trinajstić information content (AvgIpc) is 3.48. The fourth-order valence-corrected chi connectivity index (χ4v) is 4.29. The number of carbonyl (C=O) groups is 1. The van der Waals surface area contributed by atoms with E-state index in [1.165, 1.54) is 5.56 Å². The molecule has 2 aromatic heterocycles. The van der Waals surface area contributed by atoms with Gasteiger partial charge in [0.25, 0.3) is 5.91 Å². The summed E-state index contributed by atoms with van der Waals surface area (Å²) in [5.74, 6) is 0.768. The number of carbonyl (C=O) groups excluding carboxylic acids is 1. The summed E-state index contributed by atoms with van der Waals surface area (Å²) in [6.45, 7) is 1.83. The topological polar surface area (TPSA) is 79.0 Å². The number of benzene rings is 2. The first-order valence-electron chi connectivity index (χ1n) is 10.6. The summed E-state index contributed by atoms with van der Waals surface area (Å²) in [6, 6.07) is 19.4. The van der Waals surface area contributed by atoms with Crippen LogP contribution in [0.15, 0.2) is 73.1 Å². The first-order chi connectivity index (χ1) is 15.7. The minimum Gasteiger partial charge on any atom is -0.487 e. The molecule has 0 radical (unpaired) electrons. The molecule has 4 aromatic rings. The summed E-state index contributed by atoms with van der Waals surface area (Å²) in [5, 5.41) is 8.10. The molecular formula is C25H23ClN4O2. The van der Waals surface area contributed by atoms with Crippen molar-refractivity contribution in [1.29, 1.82) is 0 Å². The fraction of sp³-hybridized carbons (Fsp3) is 0.200. The van der Waals surface area contributed by atoms with Gasteiger partial charge in [0.05, 0.1) is 6.20 Å². The minimum atomic E-state index is -0.118. The van der Waals surface area contributed by atoms with E-state index >= 15 is 0 Å². The second-order valence-electron chi connectivity index (χ2n) is 7.94. The second-order valence-corrected chi connectivity index (χ2v) is 8.34. The Kier molecular flexibility index (Phi) is 5.79. The normalized spacial score (nSPS) is 18.0. The summed E-state index contributed by atoms with van der Waals surface area (Å²) in [6.07, 6.45) is 3.50. The third-order valence-corrected chi connectivity index (χ3v) is 6.20. The maximum absolute atomic E-state index is 13.0. The number of nitrogens with one attached hydrogen (secondary N) is 3. The van der Waals surface area contributed by atoms with E-state index in [1.54, 1.807) is 24.4 Å². The molecule has 3 heterocycles. The molecule has 1 aliphatic heterocycles. The van der Waals surface area contributed by atoms with Crippen LogP contribution in [0.2, 0.25) is 5.02 Å². The molecule has 0 bridgehead atoms. The molecule has 32 heavy (non-hydrogen) atoms. The van der Waals surface area contributed by atoms with Gasteiger partial charge in [-0.3, -0.25) is 4.79 Å². The van der Waals surface area contributed by atoms with Gasteiger partial charge < -0.3 is 20.4 Å². The Bertz CT molecular complexity index is 1240. The molecule has 2 unspecified atom stereocenters. The van der Waals surface area contributed by atoms with Crippen molar-refractivity contribution in [2.45, 2.75) is 18.6 Å². The van der Waals surface area contributed by atoms with Gasteiger partial charge in [0.15, 0.2) is 0 Å². The maximum Gasteiger partial charge on any atom is 0.251 e. The van der Waals surface area contributed by atoms with Gasteiger partial charge in [0, 0.05) is 52.8 Å². The zero-order valence-corrected chi connectivity index (χ0v) is 18.1. The van der Waals surface area contributed by atoms with Crippen molar-refractivity contribution in [1.82, 2.24) is 20.6 Å². The number of H-pyrrole nitrogens is 1. The molecule has 3 N–H and O–H groups in total. The van der Waals surface area contributed by atoms with Crippen molar-refractivity contribution in [2.75, 3.05) is 13.1 Å². The van der Waals surface area contributed by atoms with Crippen molar-refractivity contribution in [3.8, 4) is 5.75 Å². The van der Waals surface area contributed by atoms with Crippen LogP contribution in [0.5, 0.6) is 5.75 Å². The van der Waals surface area contributed by atoms with Gasteiger partial charge in [-0.15, -0.1) is 0 Å². The summed E-state index contributed by atoms with van der Waals surface area (Å²) in [4.78, 5) is 20.4. The Hall–Kier alpha value is -3.35. The van der Waals surface area contributed by atoms with Crippen molar-refractivity contribution >= 4 is 28.5 Å². The Morgan fingerprint density at radius 3 is 2.88 bits per heavy atom. The number of hydrogen-bond acceptors (Lipinski definition) is 4. The number of halogens is 1. The Morgan fingerprint density at radius 1 is 1.12 bits per heavy atom. The summed E-state index contributed by atoms with van der Waals surface area (Å²) < 4.78 is 5.89. The van der Waals surface area contributed by atoms with Crippen molar-refractivity contribution in [3.05, 3.63) is 94.8 Å². The Morgan fingerprint density at radius 2 is 2.00 bits per heavy atom. The standard InChI is InChI=1S/C25H23ClN4O2/c26-22-7-6-18(10-19(22)15-32-20-11-17-8-9-28-24(17)29-12-20)25(31)30-23-14-27-13-21(23)16-4-2-1-3-5-16/h1-12,21,23,27H,13-15H2,(H,28,29)(H,30,31). The molecule has 0 spiro atoms. The predicted octanol–water partition coefficient (Wildman–Crippen LogP) is 4.28. The molecule has 2 aromatic carbocycles. The molecule has 162 valence electrons. The predicted molar refractivity (Wildman–Crippen MR) is 125 cm³/mol. The Balaban J connectivity index is 1.27. The zero-order chi connectivity index (χ0) is 21.9. The van der Waals surface area contributed by atoms with E-state index in [-0.39, 0.29) is 24.5 Å². The lowest BCUT2D eigenvalue weighted by Gasteiger charge is -2.20. The van der Waals surface area contributed by atoms with Gasteiger partial charge in [0.2, 0.25) is 0 Å². The molecule has 7 heteroatoms. The summed E-state index contributed by atoms with van der Waals surface area (Å²) >= 11 is 6.38. The number of amides is 1. The van der Waals surface area contributed by atoms with Crippen LogP contribution in [0.4, 0.5) is 0 Å². The van der Waals surface area contributed by atoms with Crippen LogP contribution in [-0.4, -0.2) is 35.0 Å². The van der Waals surface area contributed by atoms with Gasteiger partial charge in [0.1, 0.15) is 18.0 Å². The van der Waals surface area contributed by atoms with E-state index in [0.29, 0.717) is 16.3 Å². The van der Waals surface area contributed by atoms with Gasteiger partial charge in [-0.25, -0.2) is 4.98 Å². The van der Waals surface area contributed by atoms with Crippen LogP contribution < -0.4 is 15.4 Å². The van der Waals surface area contributed by atoms with Crippen LogP contribution in [-0.2, 0) is 6.61 Å². The molecule has 1 aliphatic rings. The van der Waals surface area contributed by atoms with Crippen molar-refractivity contribution in [2.24, 2.45) is 0 Å². The molecule has 0 saturated carbocycles. The number of pyridine rings is 1. The first-order valence-corrected chi connectivity index (χ1v) is 11.0. The Labute approximate surface area is 191 Å². The van der Waals surface area contributed by atoms with E-state index in [0.717, 1.165) is 29.7 Å². The van der Waals surface area contributed by atoms with E-state index in [2.05, 4.69) is 32.7 Å². The first kappa shape index (κ1) is 20.5. The average molecular weight is 447 g/mol. The summed E-state index contributed by atoms with van der Waals surface area (Å²) in [7, 11) is 0. The van der Waals surface area contributed by atoms with E-state index in [1.807, 2.05) is 36.5 Å². The number of rotatable bonds is 6. The minimum absolute atomic E-state index is 0.0273. The molecule has 1 amide bonds. The van der Waals surface area contributed by atoms with E-state index in [4.69, 9.17) is 16.3 Å². The number of aromatic amines is 1. The second kappa shape index (κ2) is 9.02. The van der Waals surface area contributed by atoms with Gasteiger partial charge >= 0.3 is 0 Å². The third kappa shape index (κ3) is 4.33. The van der Waals surface area contributed by atoms with Gasteiger partial charge in [-0.1, -0.05) is 41.9 Å². The highest BCUT2D eigenvalue weighted by Gasteiger charge is 2.29. The smallest absolute Gasteiger partial charge is 0.251 e. The SMILES string of the molecule is O=C(NC1CNCC1c1ccccc1)c1ccc(Cl)c(COc2cnc3[nH]ccc3c2)c1. The highest BCUT2D eigenvalue weighted by Crippen LogP contribution is 2.25. The van der Waals surface area contributed by atoms with Crippen LogP contribution in [0.25, 0.3) is 11.0 Å². The number of fused-ring (bicyclic) bond motifs is 1. The number of nitrogens with zero attached hydrogens (tertiary/aromatic N) is 1. The number of hydrogen-bond donors (Lipinski definition) is 3. The number of ether oxygens (including phenoxy) is 1. The highest BCUT2D eigenvalue weighted by atomic mass is 35.5. The maximum atomic E-state index is 13.0. The lowest BCUT2D eigenvalue weighted by Crippen LogP contribution is -2.39. The molecular weight excluding hydrogens is 424 g/mol. The third-order valence-electron chi connectivity index (χ3n) is 5.84. The van der Waals surface area contributed by atoms with Crippen molar-refractivity contribution in [3.63, 3.8) is 0 Å².